The Morgan fingerprint density at radius 2 is 1.70 bits per heavy atom. The summed E-state index contributed by atoms with van der Waals surface area (Å²) in [6.07, 6.45) is -8.85. The van der Waals surface area contributed by atoms with Gasteiger partial charge in [0, 0.05) is 6.20 Å². The van der Waals surface area contributed by atoms with E-state index in [1.165, 1.54) is 12.1 Å². The maximum Gasteiger partial charge on any atom is 0.573 e. The van der Waals surface area contributed by atoms with Crippen LogP contribution in [0.3, 0.4) is 0 Å². The highest BCUT2D eigenvalue weighted by atomic mass is 19.4. The number of aromatic nitrogens is 1. The first-order valence-corrected chi connectivity index (χ1v) is 6.08. The molecule has 3 nitrogen and oxygen atoms in total. The van der Waals surface area contributed by atoms with Crippen LogP contribution in [0.15, 0.2) is 36.5 Å². The second-order valence-electron chi connectivity index (χ2n) is 4.31. The Labute approximate surface area is 126 Å². The summed E-state index contributed by atoms with van der Waals surface area (Å²) in [4.78, 5) is 3.27. The highest BCUT2D eigenvalue weighted by Gasteiger charge is 2.37. The Balaban J connectivity index is 2.60. The zero-order valence-corrected chi connectivity index (χ0v) is 11.5. The molecule has 0 aliphatic rings. The lowest BCUT2D eigenvalue weighted by atomic mass is 10.0. The van der Waals surface area contributed by atoms with Crippen LogP contribution >= 0.6 is 0 Å². The number of nitrogens with zero attached hydrogens (tertiary/aromatic N) is 1. The Bertz CT molecular complexity index is 696. The number of methoxy groups -OCH3 is 1. The van der Waals surface area contributed by atoms with Gasteiger partial charge in [0.15, 0.2) is 5.69 Å². The number of ether oxygens (including phenoxy) is 2. The van der Waals surface area contributed by atoms with Gasteiger partial charge in [0.1, 0.15) is 11.5 Å². The summed E-state index contributed by atoms with van der Waals surface area (Å²) in [5, 5.41) is 0. The summed E-state index contributed by atoms with van der Waals surface area (Å²) in [7, 11) is 1.15. The van der Waals surface area contributed by atoms with Crippen molar-refractivity contribution in [1.82, 2.24) is 4.98 Å². The number of alkyl halides is 6. The quantitative estimate of drug-likeness (QED) is 0.763. The van der Waals surface area contributed by atoms with Crippen LogP contribution in [0, 0.1) is 0 Å². The van der Waals surface area contributed by atoms with Crippen molar-refractivity contribution in [2.45, 2.75) is 12.5 Å². The van der Waals surface area contributed by atoms with Gasteiger partial charge in [-0.05, 0) is 23.8 Å². The minimum Gasteiger partial charge on any atom is -0.496 e. The molecule has 0 N–H and O–H groups in total. The van der Waals surface area contributed by atoms with Gasteiger partial charge in [-0.2, -0.15) is 13.2 Å². The Kier molecular flexibility index (Phi) is 4.39. The monoisotopic (exact) mass is 337 g/mol. The Morgan fingerprint density at radius 3 is 2.26 bits per heavy atom. The van der Waals surface area contributed by atoms with E-state index in [1.54, 1.807) is 0 Å². The van der Waals surface area contributed by atoms with Crippen LogP contribution in [0.1, 0.15) is 5.69 Å². The zero-order valence-electron chi connectivity index (χ0n) is 11.5. The average Bonchev–Trinajstić information content (AvgIpc) is 2.44. The third-order valence-corrected chi connectivity index (χ3v) is 2.76. The summed E-state index contributed by atoms with van der Waals surface area (Å²) in [6, 6.07) is 5.35. The molecule has 1 aromatic heterocycles. The molecule has 0 aliphatic carbocycles. The molecule has 2 rings (SSSR count). The molecule has 0 unspecified atom stereocenters. The topological polar surface area (TPSA) is 31.4 Å². The predicted octanol–water partition coefficient (Wildman–Crippen LogP) is 4.67. The maximum atomic E-state index is 13.1. The lowest BCUT2D eigenvalue weighted by Crippen LogP contribution is -2.17. The molecular weight excluding hydrogens is 328 g/mol. The van der Waals surface area contributed by atoms with E-state index in [-0.39, 0.29) is 11.3 Å². The van der Waals surface area contributed by atoms with Crippen molar-refractivity contribution in [2.75, 3.05) is 7.11 Å². The first kappa shape index (κ1) is 16.9. The minimum absolute atomic E-state index is 0.163. The first-order chi connectivity index (χ1) is 10.6. The van der Waals surface area contributed by atoms with E-state index in [1.807, 2.05) is 0 Å². The lowest BCUT2D eigenvalue weighted by molar-refractivity contribution is -0.274. The van der Waals surface area contributed by atoms with E-state index in [0.29, 0.717) is 0 Å². The molecule has 124 valence electrons. The Hall–Kier alpha value is -2.45. The predicted molar refractivity (Wildman–Crippen MR) is 67.9 cm³/mol. The zero-order chi connectivity index (χ0) is 17.3. The number of hydrogen-bond acceptors (Lipinski definition) is 3. The molecule has 1 aromatic carbocycles. The molecule has 0 amide bonds. The van der Waals surface area contributed by atoms with Gasteiger partial charge in [-0.1, -0.05) is 12.1 Å². The molecule has 0 spiro atoms. The molecule has 0 atom stereocenters. The van der Waals surface area contributed by atoms with Gasteiger partial charge in [0.05, 0.1) is 12.7 Å². The van der Waals surface area contributed by atoms with Crippen molar-refractivity contribution in [3.05, 3.63) is 42.2 Å². The fraction of sp³-hybridized carbons (Fsp3) is 0.214. The van der Waals surface area contributed by atoms with Crippen molar-refractivity contribution >= 4 is 0 Å². The fourth-order valence-electron chi connectivity index (χ4n) is 1.96. The molecular formula is C14H9F6NO2. The summed E-state index contributed by atoms with van der Waals surface area (Å²) < 4.78 is 84.6. The van der Waals surface area contributed by atoms with Crippen LogP contribution in [0.2, 0.25) is 0 Å². The normalized spacial score (nSPS) is 12.1. The molecule has 0 saturated carbocycles. The van der Waals surface area contributed by atoms with Gasteiger partial charge in [-0.15, -0.1) is 13.2 Å². The standard InChI is InChI=1S/C14H9F6NO2/c1-22-10-5-6-21-12(13(15,16)17)11(10)8-3-2-4-9(7-8)23-14(18,19)20/h2-7H,1H3. The van der Waals surface area contributed by atoms with E-state index in [4.69, 9.17) is 4.74 Å². The van der Waals surface area contributed by atoms with E-state index in [0.717, 1.165) is 31.5 Å². The van der Waals surface area contributed by atoms with Gasteiger partial charge >= 0.3 is 12.5 Å². The third-order valence-electron chi connectivity index (χ3n) is 2.76. The van der Waals surface area contributed by atoms with Gasteiger partial charge in [0.25, 0.3) is 0 Å². The van der Waals surface area contributed by atoms with Gasteiger partial charge < -0.3 is 9.47 Å². The van der Waals surface area contributed by atoms with Crippen molar-refractivity contribution < 1.29 is 35.8 Å². The summed E-state index contributed by atoms with van der Waals surface area (Å²) in [6.45, 7) is 0. The minimum atomic E-state index is -4.95. The van der Waals surface area contributed by atoms with Crippen LogP contribution < -0.4 is 9.47 Å². The van der Waals surface area contributed by atoms with E-state index >= 15 is 0 Å². The van der Waals surface area contributed by atoms with E-state index < -0.39 is 29.5 Å². The molecule has 0 aliphatic heterocycles. The largest absolute Gasteiger partial charge is 0.573 e. The van der Waals surface area contributed by atoms with Crippen molar-refractivity contribution in [2.24, 2.45) is 0 Å². The number of rotatable bonds is 3. The molecule has 2 aromatic rings. The SMILES string of the molecule is COc1ccnc(C(F)(F)F)c1-c1cccc(OC(F)(F)F)c1. The lowest BCUT2D eigenvalue weighted by Gasteiger charge is -2.16. The van der Waals surface area contributed by atoms with Crippen LogP contribution in [0.25, 0.3) is 11.1 Å². The fourth-order valence-corrected chi connectivity index (χ4v) is 1.96. The summed E-state index contributed by atoms with van der Waals surface area (Å²) >= 11 is 0. The molecule has 0 bridgehead atoms. The van der Waals surface area contributed by atoms with Crippen molar-refractivity contribution in [1.29, 1.82) is 0 Å². The average molecular weight is 337 g/mol. The number of pyridine rings is 1. The van der Waals surface area contributed by atoms with Crippen LogP contribution in [-0.4, -0.2) is 18.5 Å². The second kappa shape index (κ2) is 5.98. The van der Waals surface area contributed by atoms with Crippen LogP contribution in [-0.2, 0) is 6.18 Å². The first-order valence-electron chi connectivity index (χ1n) is 6.08. The van der Waals surface area contributed by atoms with E-state index in [9.17, 15) is 26.3 Å². The smallest absolute Gasteiger partial charge is 0.496 e. The third kappa shape index (κ3) is 4.05. The van der Waals surface area contributed by atoms with Gasteiger partial charge in [-0.25, -0.2) is 0 Å². The van der Waals surface area contributed by atoms with Crippen LogP contribution in [0.5, 0.6) is 11.5 Å². The van der Waals surface area contributed by atoms with Gasteiger partial charge in [0.2, 0.25) is 0 Å². The molecule has 0 saturated heterocycles. The molecule has 0 radical (unpaired) electrons. The molecule has 9 heteroatoms. The van der Waals surface area contributed by atoms with Crippen molar-refractivity contribution in [3.8, 4) is 22.6 Å². The summed E-state index contributed by atoms with van der Waals surface area (Å²) in [5.74, 6) is -0.814. The highest BCUT2D eigenvalue weighted by molar-refractivity contribution is 5.74. The molecule has 23 heavy (non-hydrogen) atoms. The Morgan fingerprint density at radius 1 is 1.00 bits per heavy atom. The molecule has 1 heterocycles. The molecule has 0 fully saturated rings. The number of halogens is 6. The van der Waals surface area contributed by atoms with Gasteiger partial charge in [-0.3, -0.25) is 4.98 Å². The highest BCUT2D eigenvalue weighted by Crippen LogP contribution is 2.41. The number of benzene rings is 1. The number of hydrogen-bond donors (Lipinski definition) is 0. The second-order valence-corrected chi connectivity index (χ2v) is 4.31. The van der Waals surface area contributed by atoms with Crippen LogP contribution in [0.4, 0.5) is 26.3 Å². The van der Waals surface area contributed by atoms with Crippen molar-refractivity contribution in [3.63, 3.8) is 0 Å². The summed E-state index contributed by atoms with van der Waals surface area (Å²) in [5.41, 5.74) is -1.89. The van der Waals surface area contributed by atoms with E-state index in [2.05, 4.69) is 9.72 Å². The maximum absolute atomic E-state index is 13.1.